The Balaban J connectivity index is 1.42. The zero-order valence-corrected chi connectivity index (χ0v) is 18.4. The van der Waals surface area contributed by atoms with E-state index in [1.807, 2.05) is 0 Å². The minimum Gasteiger partial charge on any atom is -0.448 e. The molecule has 13 heteroatoms. The maximum atomic E-state index is 13.0. The largest absolute Gasteiger partial charge is 0.448 e. The quantitative estimate of drug-likeness (QED) is 0.437. The molecule has 170 valence electrons. The zero-order chi connectivity index (χ0) is 22.7. The summed E-state index contributed by atoms with van der Waals surface area (Å²) < 4.78 is 33.6. The lowest BCUT2D eigenvalue weighted by atomic mass is 10.1. The van der Waals surface area contributed by atoms with Crippen LogP contribution in [-0.4, -0.2) is 46.6 Å². The van der Waals surface area contributed by atoms with E-state index >= 15 is 0 Å². The van der Waals surface area contributed by atoms with E-state index in [-0.39, 0.29) is 35.3 Å². The Hall–Kier alpha value is -2.80. The minimum atomic E-state index is -3.96. The van der Waals surface area contributed by atoms with E-state index in [0.29, 0.717) is 30.1 Å². The van der Waals surface area contributed by atoms with Crippen LogP contribution in [0.4, 0.5) is 5.82 Å². The van der Waals surface area contributed by atoms with Crippen molar-refractivity contribution in [1.82, 2.24) is 19.7 Å². The Bertz CT molecular complexity index is 1210. The summed E-state index contributed by atoms with van der Waals surface area (Å²) in [5.41, 5.74) is 0.536. The summed E-state index contributed by atoms with van der Waals surface area (Å²) in [5, 5.41) is 12.8. The lowest BCUT2D eigenvalue weighted by molar-refractivity contribution is 0.103. The predicted octanol–water partition coefficient (Wildman–Crippen LogP) is 2.00. The third-order valence-corrected chi connectivity index (χ3v) is 5.79. The van der Waals surface area contributed by atoms with Gasteiger partial charge in [-0.05, 0) is 55.0 Å². The molecule has 0 aromatic carbocycles. The van der Waals surface area contributed by atoms with Crippen LogP contribution in [0, 0.1) is 5.92 Å². The van der Waals surface area contributed by atoms with Gasteiger partial charge in [0.25, 0.3) is 0 Å². The van der Waals surface area contributed by atoms with Crippen LogP contribution in [0.2, 0.25) is 5.22 Å². The first-order valence-electron chi connectivity index (χ1n) is 9.83. The highest BCUT2D eigenvalue weighted by molar-refractivity contribution is 7.84. The number of anilines is 1. The second-order valence-electron chi connectivity index (χ2n) is 7.52. The van der Waals surface area contributed by atoms with Gasteiger partial charge in [-0.3, -0.25) is 13.7 Å². The minimum absolute atomic E-state index is 0.00628. The summed E-state index contributed by atoms with van der Waals surface area (Å²) in [6, 6.07) is 4.99. The highest BCUT2D eigenvalue weighted by Gasteiger charge is 2.28. The first kappa shape index (κ1) is 22.4. The van der Waals surface area contributed by atoms with Crippen LogP contribution in [0.5, 0.6) is 0 Å². The molecule has 0 saturated heterocycles. The molecule has 0 amide bonds. The van der Waals surface area contributed by atoms with Crippen molar-refractivity contribution in [2.75, 3.05) is 11.9 Å². The van der Waals surface area contributed by atoms with Crippen molar-refractivity contribution in [2.45, 2.75) is 31.8 Å². The van der Waals surface area contributed by atoms with Crippen LogP contribution < -0.4 is 10.5 Å². The number of carbonyl (C=O) groups excluding carboxylic acids is 1. The van der Waals surface area contributed by atoms with E-state index in [1.54, 1.807) is 29.1 Å². The molecule has 11 nitrogen and oxygen atoms in total. The van der Waals surface area contributed by atoms with E-state index in [0.717, 1.165) is 12.8 Å². The third-order valence-electron chi connectivity index (χ3n) is 5.13. The number of nitrogens with two attached hydrogens (primary N) is 1. The summed E-state index contributed by atoms with van der Waals surface area (Å²) in [7, 11) is -3.96. The number of carbonyl (C=O) groups is 1. The van der Waals surface area contributed by atoms with Crippen molar-refractivity contribution in [1.29, 1.82) is 0 Å². The second-order valence-corrected chi connectivity index (χ2v) is 9.11. The molecular weight excluding hydrogens is 460 g/mol. The molecule has 3 N–H and O–H groups in total. The normalized spacial score (nSPS) is 18.7. The van der Waals surface area contributed by atoms with Crippen LogP contribution in [0.3, 0.4) is 0 Å². The van der Waals surface area contributed by atoms with Gasteiger partial charge in [-0.1, -0.05) is 0 Å². The molecule has 1 fully saturated rings. The standard InChI is InChI=1S/C19H21ClN6O5S/c20-17-4-3-14(31-17)9-26-6-5-16(25-26)18(27)15-8-22-11-23-19(15)24-13-2-1-12(7-13)10-30-32(21,28)29/h3-6,8,11-13H,1-2,7,9-10H2,(H2,21,28,29)(H,22,23,24)/t12-,13+/m1/s1. The van der Waals surface area contributed by atoms with Crippen molar-refractivity contribution in [3.63, 3.8) is 0 Å². The Morgan fingerprint density at radius 3 is 2.94 bits per heavy atom. The molecule has 0 unspecified atom stereocenters. The van der Waals surface area contributed by atoms with Gasteiger partial charge in [-0.15, -0.1) is 0 Å². The number of furan rings is 1. The smallest absolute Gasteiger partial charge is 0.333 e. The molecule has 0 aliphatic heterocycles. The monoisotopic (exact) mass is 480 g/mol. The summed E-state index contributed by atoms with van der Waals surface area (Å²) in [6.07, 6.45) is 6.68. The number of hydrogen-bond acceptors (Lipinski definition) is 9. The number of aromatic nitrogens is 4. The third kappa shape index (κ3) is 5.71. The first-order valence-corrected chi connectivity index (χ1v) is 11.7. The summed E-state index contributed by atoms with van der Waals surface area (Å²) in [4.78, 5) is 21.2. The van der Waals surface area contributed by atoms with Gasteiger partial charge in [0.2, 0.25) is 5.78 Å². The Morgan fingerprint density at radius 1 is 1.34 bits per heavy atom. The van der Waals surface area contributed by atoms with Gasteiger partial charge < -0.3 is 9.73 Å². The number of halogens is 1. The van der Waals surface area contributed by atoms with Gasteiger partial charge >= 0.3 is 10.3 Å². The molecule has 0 bridgehead atoms. The average Bonchev–Trinajstić information content (AvgIpc) is 3.48. The average molecular weight is 481 g/mol. The maximum absolute atomic E-state index is 13.0. The van der Waals surface area contributed by atoms with Crippen LogP contribution >= 0.6 is 11.6 Å². The van der Waals surface area contributed by atoms with Crippen molar-refractivity contribution in [2.24, 2.45) is 11.1 Å². The van der Waals surface area contributed by atoms with E-state index in [4.69, 9.17) is 25.3 Å². The number of ketones is 1. The van der Waals surface area contributed by atoms with E-state index < -0.39 is 10.3 Å². The zero-order valence-electron chi connectivity index (χ0n) is 16.8. The number of rotatable bonds is 9. The SMILES string of the molecule is NS(=O)(=O)OC[C@@H]1CC[C@H](Nc2ncncc2C(=O)c2ccn(Cc3ccc(Cl)o3)n2)C1. The second kappa shape index (κ2) is 9.36. The molecule has 3 heterocycles. The fourth-order valence-corrected chi connectivity index (χ4v) is 4.20. The van der Waals surface area contributed by atoms with Crippen molar-refractivity contribution in [3.05, 3.63) is 59.2 Å². The Labute approximate surface area is 189 Å². The predicted molar refractivity (Wildman–Crippen MR) is 114 cm³/mol. The lowest BCUT2D eigenvalue weighted by Gasteiger charge is -2.15. The molecule has 1 aliphatic carbocycles. The summed E-state index contributed by atoms with van der Waals surface area (Å²) >= 11 is 5.79. The molecule has 32 heavy (non-hydrogen) atoms. The topological polar surface area (TPSA) is 155 Å². The van der Waals surface area contributed by atoms with E-state index in [1.165, 1.54) is 12.5 Å². The summed E-state index contributed by atoms with van der Waals surface area (Å²) in [5.74, 6) is 0.731. The van der Waals surface area contributed by atoms with Crippen molar-refractivity contribution in [3.8, 4) is 0 Å². The van der Waals surface area contributed by atoms with Gasteiger partial charge in [-0.25, -0.2) is 15.1 Å². The van der Waals surface area contributed by atoms with Crippen LogP contribution in [0.25, 0.3) is 0 Å². The van der Waals surface area contributed by atoms with Gasteiger partial charge in [0, 0.05) is 18.4 Å². The van der Waals surface area contributed by atoms with Gasteiger partial charge in [0.05, 0.1) is 18.7 Å². The molecular formula is C19H21ClN6O5S. The van der Waals surface area contributed by atoms with Crippen LogP contribution in [-0.2, 0) is 21.0 Å². The van der Waals surface area contributed by atoms with E-state index in [2.05, 4.69) is 20.4 Å². The number of hydrogen-bond donors (Lipinski definition) is 2. The molecule has 2 atom stereocenters. The molecule has 1 saturated carbocycles. The first-order chi connectivity index (χ1) is 15.3. The number of nitrogens with zero attached hydrogens (tertiary/aromatic N) is 4. The Kier molecular flexibility index (Phi) is 6.55. The van der Waals surface area contributed by atoms with Crippen LogP contribution in [0.15, 0.2) is 41.3 Å². The molecule has 1 aliphatic rings. The highest BCUT2D eigenvalue weighted by Crippen LogP contribution is 2.29. The molecule has 0 radical (unpaired) electrons. The van der Waals surface area contributed by atoms with Gasteiger partial charge in [0.15, 0.2) is 5.22 Å². The fraction of sp³-hybridized carbons (Fsp3) is 0.368. The highest BCUT2D eigenvalue weighted by atomic mass is 35.5. The molecule has 0 spiro atoms. The lowest BCUT2D eigenvalue weighted by Crippen LogP contribution is -2.22. The van der Waals surface area contributed by atoms with Crippen molar-refractivity contribution >= 4 is 33.5 Å². The van der Waals surface area contributed by atoms with Crippen molar-refractivity contribution < 1.29 is 21.8 Å². The fourth-order valence-electron chi connectivity index (χ4n) is 3.66. The molecule has 3 aromatic rings. The van der Waals surface area contributed by atoms with E-state index in [9.17, 15) is 13.2 Å². The number of nitrogens with one attached hydrogen (secondary N) is 1. The Morgan fingerprint density at radius 2 is 2.19 bits per heavy atom. The molecule has 3 aromatic heterocycles. The van der Waals surface area contributed by atoms with Gasteiger partial charge in [-0.2, -0.15) is 13.5 Å². The molecule has 4 rings (SSSR count). The van der Waals surface area contributed by atoms with Gasteiger partial charge in [0.1, 0.15) is 23.6 Å². The summed E-state index contributed by atoms with van der Waals surface area (Å²) in [6.45, 7) is 0.366. The maximum Gasteiger partial charge on any atom is 0.333 e. The van der Waals surface area contributed by atoms with Crippen LogP contribution in [0.1, 0.15) is 41.1 Å².